The number of benzene rings is 1. The van der Waals surface area contributed by atoms with Crippen LogP contribution in [-0.4, -0.2) is 21.3 Å². The number of rotatable bonds is 2. The molecule has 1 aliphatic rings. The molecule has 2 N–H and O–H groups in total. The second-order valence-corrected chi connectivity index (χ2v) is 6.88. The summed E-state index contributed by atoms with van der Waals surface area (Å²) < 4.78 is 2.88. The lowest BCUT2D eigenvalue weighted by Gasteiger charge is -2.12. The Morgan fingerprint density at radius 1 is 1.42 bits per heavy atom. The molecule has 3 rings (SSSR count). The Morgan fingerprint density at radius 2 is 2.26 bits per heavy atom. The van der Waals surface area contributed by atoms with Gasteiger partial charge in [-0.25, -0.2) is 0 Å². The molecular weight excluding hydrogens is 322 g/mol. The van der Waals surface area contributed by atoms with E-state index in [1.54, 1.807) is 4.68 Å². The van der Waals surface area contributed by atoms with E-state index in [-0.39, 0.29) is 0 Å². The van der Waals surface area contributed by atoms with E-state index < -0.39 is 0 Å². The van der Waals surface area contributed by atoms with E-state index in [0.717, 1.165) is 11.3 Å². The molecule has 0 aliphatic carbocycles. The zero-order valence-electron chi connectivity index (χ0n) is 10.8. The molecule has 1 aromatic heterocycles. The summed E-state index contributed by atoms with van der Waals surface area (Å²) >= 11 is 5.74. The largest absolute Gasteiger partial charge is 0.384 e. The Bertz CT molecular complexity index is 583. The molecule has 1 atom stereocenters. The highest BCUT2D eigenvalue weighted by molar-refractivity contribution is 9.10. The molecule has 19 heavy (non-hydrogen) atoms. The summed E-state index contributed by atoms with van der Waals surface area (Å²) in [4.78, 5) is 0. The van der Waals surface area contributed by atoms with E-state index in [9.17, 15) is 0 Å². The zero-order valence-corrected chi connectivity index (χ0v) is 13.2. The van der Waals surface area contributed by atoms with Gasteiger partial charge in [-0.05, 0) is 29.7 Å². The Balaban J connectivity index is 1.94. The third kappa shape index (κ3) is 2.54. The van der Waals surface area contributed by atoms with Gasteiger partial charge in [-0.2, -0.15) is 16.9 Å². The Morgan fingerprint density at radius 3 is 2.84 bits per heavy atom. The van der Waals surface area contributed by atoms with Crippen LogP contribution < -0.4 is 5.73 Å². The first-order valence-corrected chi connectivity index (χ1v) is 8.27. The molecule has 1 saturated heterocycles. The van der Waals surface area contributed by atoms with Gasteiger partial charge in [0.25, 0.3) is 0 Å². The molecule has 3 nitrogen and oxygen atoms in total. The first kappa shape index (κ1) is 13.1. The van der Waals surface area contributed by atoms with Crippen LogP contribution >= 0.6 is 27.7 Å². The maximum absolute atomic E-state index is 5.83. The van der Waals surface area contributed by atoms with E-state index in [1.165, 1.54) is 28.0 Å². The number of aromatic nitrogens is 2. The van der Waals surface area contributed by atoms with Crippen LogP contribution in [0.1, 0.15) is 17.9 Å². The SMILES string of the molecule is Cn1nc(-c2ccc(C3CCSC3)c(Br)c2)cc1N. The third-order valence-electron chi connectivity index (χ3n) is 3.58. The number of nitrogens with zero attached hydrogens (tertiary/aromatic N) is 2. The second kappa shape index (κ2) is 5.21. The fraction of sp³-hybridized carbons (Fsp3) is 0.357. The topological polar surface area (TPSA) is 43.8 Å². The van der Waals surface area contributed by atoms with E-state index in [1.807, 2.05) is 24.9 Å². The van der Waals surface area contributed by atoms with Crippen LogP contribution in [0.5, 0.6) is 0 Å². The van der Waals surface area contributed by atoms with Crippen molar-refractivity contribution in [2.45, 2.75) is 12.3 Å². The number of nitrogens with two attached hydrogens (primary N) is 1. The van der Waals surface area contributed by atoms with Crippen molar-refractivity contribution in [1.82, 2.24) is 9.78 Å². The number of hydrogen-bond donors (Lipinski definition) is 1. The van der Waals surface area contributed by atoms with Gasteiger partial charge in [0.05, 0.1) is 5.69 Å². The van der Waals surface area contributed by atoms with Crippen molar-refractivity contribution in [3.05, 3.63) is 34.3 Å². The molecule has 1 unspecified atom stereocenters. The van der Waals surface area contributed by atoms with Crippen LogP contribution in [0.4, 0.5) is 5.82 Å². The van der Waals surface area contributed by atoms with Crippen LogP contribution in [0.3, 0.4) is 0 Å². The Hall–Kier alpha value is -0.940. The van der Waals surface area contributed by atoms with Gasteiger partial charge in [-0.15, -0.1) is 0 Å². The zero-order chi connectivity index (χ0) is 13.4. The maximum atomic E-state index is 5.83. The van der Waals surface area contributed by atoms with Crippen LogP contribution in [0.2, 0.25) is 0 Å². The van der Waals surface area contributed by atoms with E-state index in [4.69, 9.17) is 5.73 Å². The first-order valence-electron chi connectivity index (χ1n) is 6.32. The molecule has 1 aromatic carbocycles. The van der Waals surface area contributed by atoms with Crippen molar-refractivity contribution in [1.29, 1.82) is 0 Å². The summed E-state index contributed by atoms with van der Waals surface area (Å²) in [5.41, 5.74) is 9.28. The monoisotopic (exact) mass is 337 g/mol. The molecule has 2 heterocycles. The van der Waals surface area contributed by atoms with E-state index >= 15 is 0 Å². The average Bonchev–Trinajstić information content (AvgIpc) is 3.00. The summed E-state index contributed by atoms with van der Waals surface area (Å²) in [6.45, 7) is 0. The highest BCUT2D eigenvalue weighted by Gasteiger charge is 2.20. The molecule has 1 fully saturated rings. The van der Waals surface area contributed by atoms with Crippen molar-refractivity contribution in [2.24, 2.45) is 7.05 Å². The minimum atomic E-state index is 0.683. The lowest BCUT2D eigenvalue weighted by atomic mass is 9.97. The molecule has 100 valence electrons. The van der Waals surface area contributed by atoms with Crippen molar-refractivity contribution < 1.29 is 0 Å². The number of anilines is 1. The quantitative estimate of drug-likeness (QED) is 0.909. The normalized spacial score (nSPS) is 18.9. The smallest absolute Gasteiger partial charge is 0.121 e. The number of halogens is 1. The minimum Gasteiger partial charge on any atom is -0.384 e. The Labute approximate surface area is 125 Å². The number of thioether (sulfide) groups is 1. The molecular formula is C14H16BrN3S. The van der Waals surface area contributed by atoms with Crippen molar-refractivity contribution in [2.75, 3.05) is 17.2 Å². The second-order valence-electron chi connectivity index (χ2n) is 4.87. The molecule has 0 saturated carbocycles. The van der Waals surface area contributed by atoms with Crippen molar-refractivity contribution in [3.63, 3.8) is 0 Å². The predicted molar refractivity (Wildman–Crippen MR) is 85.4 cm³/mol. The van der Waals surface area contributed by atoms with Crippen LogP contribution in [-0.2, 0) is 7.05 Å². The molecule has 0 spiro atoms. The Kier molecular flexibility index (Phi) is 3.58. The summed E-state index contributed by atoms with van der Waals surface area (Å²) in [7, 11) is 1.86. The van der Waals surface area contributed by atoms with Gasteiger partial charge in [0.15, 0.2) is 0 Å². The number of aryl methyl sites for hydroxylation is 1. The van der Waals surface area contributed by atoms with Crippen molar-refractivity contribution in [3.8, 4) is 11.3 Å². The van der Waals surface area contributed by atoms with Gasteiger partial charge in [-0.1, -0.05) is 28.1 Å². The fourth-order valence-corrected chi connectivity index (χ4v) is 4.37. The molecule has 0 amide bonds. The van der Waals surface area contributed by atoms with Gasteiger partial charge in [-0.3, -0.25) is 4.68 Å². The first-order chi connectivity index (χ1) is 9.15. The molecule has 2 aromatic rings. The van der Waals surface area contributed by atoms with Gasteiger partial charge < -0.3 is 5.73 Å². The van der Waals surface area contributed by atoms with E-state index in [0.29, 0.717) is 11.7 Å². The van der Waals surface area contributed by atoms with Crippen LogP contribution in [0.25, 0.3) is 11.3 Å². The summed E-state index contributed by atoms with van der Waals surface area (Å²) in [5, 5.41) is 4.42. The molecule has 0 radical (unpaired) electrons. The highest BCUT2D eigenvalue weighted by Crippen LogP contribution is 2.37. The predicted octanol–water partition coefficient (Wildman–Crippen LogP) is 3.65. The summed E-state index contributed by atoms with van der Waals surface area (Å²) in [6, 6.07) is 8.43. The number of nitrogen functional groups attached to an aromatic ring is 1. The van der Waals surface area contributed by atoms with Gasteiger partial charge in [0.2, 0.25) is 0 Å². The van der Waals surface area contributed by atoms with Gasteiger partial charge >= 0.3 is 0 Å². The average molecular weight is 338 g/mol. The maximum Gasteiger partial charge on any atom is 0.121 e. The lowest BCUT2D eigenvalue weighted by Crippen LogP contribution is -1.98. The standard InChI is InChI=1S/C14H16BrN3S/c1-18-14(16)7-13(17-18)9-2-3-11(12(15)6-9)10-4-5-19-8-10/h2-3,6-7,10H,4-5,8,16H2,1H3. The lowest BCUT2D eigenvalue weighted by molar-refractivity contribution is 0.776. The minimum absolute atomic E-state index is 0.683. The van der Waals surface area contributed by atoms with Crippen LogP contribution in [0.15, 0.2) is 28.7 Å². The molecule has 1 aliphatic heterocycles. The highest BCUT2D eigenvalue weighted by atomic mass is 79.9. The fourth-order valence-electron chi connectivity index (χ4n) is 2.42. The van der Waals surface area contributed by atoms with Gasteiger partial charge in [0.1, 0.15) is 5.82 Å². The van der Waals surface area contributed by atoms with Gasteiger partial charge in [0, 0.05) is 28.9 Å². The van der Waals surface area contributed by atoms with E-state index in [2.05, 4.69) is 39.2 Å². The third-order valence-corrected chi connectivity index (χ3v) is 5.43. The molecule has 5 heteroatoms. The molecule has 0 bridgehead atoms. The van der Waals surface area contributed by atoms with Crippen LogP contribution in [0, 0.1) is 0 Å². The summed E-state index contributed by atoms with van der Waals surface area (Å²) in [6.07, 6.45) is 1.28. The number of hydrogen-bond acceptors (Lipinski definition) is 3. The van der Waals surface area contributed by atoms with Crippen molar-refractivity contribution >= 4 is 33.5 Å². The summed E-state index contributed by atoms with van der Waals surface area (Å²) in [5.74, 6) is 3.87.